The average Bonchev–Trinajstić information content (AvgIpc) is 2.99. The SMILES string of the molecule is NC(=O)c1nn(C2CCNCC2)cc1NC(=O)c1c(Cl)cccc1Cl. The van der Waals surface area contributed by atoms with Crippen LogP contribution >= 0.6 is 23.2 Å². The Balaban J connectivity index is 1.89. The fraction of sp³-hybridized carbons (Fsp3) is 0.312. The van der Waals surface area contributed by atoms with E-state index in [1.165, 1.54) is 0 Å². The van der Waals surface area contributed by atoms with Gasteiger partial charge >= 0.3 is 0 Å². The van der Waals surface area contributed by atoms with E-state index in [1.807, 2.05) is 0 Å². The van der Waals surface area contributed by atoms with Gasteiger partial charge in [0, 0.05) is 6.20 Å². The highest BCUT2D eigenvalue weighted by Gasteiger charge is 2.23. The number of anilines is 1. The zero-order valence-electron chi connectivity index (χ0n) is 13.3. The van der Waals surface area contributed by atoms with Crippen LogP contribution in [0.25, 0.3) is 0 Å². The largest absolute Gasteiger partial charge is 0.364 e. The molecule has 1 aromatic heterocycles. The summed E-state index contributed by atoms with van der Waals surface area (Å²) in [6, 6.07) is 4.92. The van der Waals surface area contributed by atoms with Gasteiger partial charge in [-0.3, -0.25) is 14.3 Å². The molecule has 0 radical (unpaired) electrons. The molecule has 0 aliphatic carbocycles. The number of amides is 2. The van der Waals surface area contributed by atoms with Crippen LogP contribution in [0.15, 0.2) is 24.4 Å². The first-order valence-corrected chi connectivity index (χ1v) is 8.58. The maximum atomic E-state index is 12.5. The first-order valence-electron chi connectivity index (χ1n) is 7.82. The van der Waals surface area contributed by atoms with Crippen LogP contribution in [0.1, 0.15) is 39.7 Å². The molecule has 1 aromatic carbocycles. The molecule has 2 amide bonds. The Morgan fingerprint density at radius 3 is 2.48 bits per heavy atom. The van der Waals surface area contributed by atoms with E-state index in [2.05, 4.69) is 15.7 Å². The molecule has 0 unspecified atom stereocenters. The van der Waals surface area contributed by atoms with E-state index < -0.39 is 11.8 Å². The predicted molar refractivity (Wildman–Crippen MR) is 96.3 cm³/mol. The number of rotatable bonds is 4. The van der Waals surface area contributed by atoms with Gasteiger partial charge in [0.2, 0.25) is 0 Å². The quantitative estimate of drug-likeness (QED) is 0.756. The van der Waals surface area contributed by atoms with Crippen molar-refractivity contribution in [3.63, 3.8) is 0 Å². The highest BCUT2D eigenvalue weighted by molar-refractivity contribution is 6.40. The van der Waals surface area contributed by atoms with E-state index in [-0.39, 0.29) is 33.0 Å². The Labute approximate surface area is 154 Å². The van der Waals surface area contributed by atoms with Crippen molar-refractivity contribution >= 4 is 40.7 Å². The summed E-state index contributed by atoms with van der Waals surface area (Å²) in [5.41, 5.74) is 5.79. The molecule has 0 spiro atoms. The topological polar surface area (TPSA) is 102 Å². The second-order valence-electron chi connectivity index (χ2n) is 5.77. The van der Waals surface area contributed by atoms with E-state index in [9.17, 15) is 9.59 Å². The highest BCUT2D eigenvalue weighted by Crippen LogP contribution is 2.27. The lowest BCUT2D eigenvalue weighted by molar-refractivity contribution is 0.0995. The Morgan fingerprint density at radius 2 is 1.88 bits per heavy atom. The number of primary amides is 1. The standard InChI is InChI=1S/C16H17Cl2N5O2/c17-10-2-1-3-11(18)13(10)16(25)21-12-8-23(22-14(12)15(19)24)9-4-6-20-7-5-9/h1-3,8-9,20H,4-7H2,(H2,19,24)(H,21,25). The molecule has 7 nitrogen and oxygen atoms in total. The molecule has 25 heavy (non-hydrogen) atoms. The minimum absolute atomic E-state index is 0.00931. The molecule has 2 aromatic rings. The van der Waals surface area contributed by atoms with Crippen molar-refractivity contribution in [2.75, 3.05) is 18.4 Å². The molecule has 0 atom stereocenters. The zero-order valence-corrected chi connectivity index (χ0v) is 14.8. The Bertz CT molecular complexity index is 795. The third-order valence-corrected chi connectivity index (χ3v) is 4.72. The van der Waals surface area contributed by atoms with Crippen LogP contribution < -0.4 is 16.4 Å². The summed E-state index contributed by atoms with van der Waals surface area (Å²) in [5.74, 6) is -1.24. The molecule has 0 saturated carbocycles. The summed E-state index contributed by atoms with van der Waals surface area (Å²) in [4.78, 5) is 24.2. The number of piperidine rings is 1. The fourth-order valence-electron chi connectivity index (χ4n) is 2.82. The molecule has 1 aliphatic rings. The van der Waals surface area contributed by atoms with Gasteiger partial charge in [0.05, 0.1) is 27.3 Å². The molecule has 1 saturated heterocycles. The van der Waals surface area contributed by atoms with Crippen molar-refractivity contribution in [1.29, 1.82) is 0 Å². The van der Waals surface area contributed by atoms with E-state index in [1.54, 1.807) is 29.1 Å². The Kier molecular flexibility index (Phi) is 5.27. The van der Waals surface area contributed by atoms with Crippen LogP contribution in [0.2, 0.25) is 10.0 Å². The molecule has 4 N–H and O–H groups in total. The van der Waals surface area contributed by atoms with Crippen molar-refractivity contribution in [2.45, 2.75) is 18.9 Å². The Morgan fingerprint density at radius 1 is 1.24 bits per heavy atom. The summed E-state index contributed by atoms with van der Waals surface area (Å²) in [6.45, 7) is 1.74. The second kappa shape index (κ2) is 7.43. The van der Waals surface area contributed by atoms with Crippen LogP contribution in [-0.4, -0.2) is 34.7 Å². The van der Waals surface area contributed by atoms with Gasteiger partial charge in [0.25, 0.3) is 11.8 Å². The zero-order chi connectivity index (χ0) is 18.0. The summed E-state index contributed by atoms with van der Waals surface area (Å²) < 4.78 is 1.69. The molecule has 1 fully saturated rings. The molecule has 2 heterocycles. The smallest absolute Gasteiger partial charge is 0.271 e. The number of carbonyl (C=O) groups excluding carboxylic acids is 2. The molecular formula is C16H17Cl2N5O2. The van der Waals surface area contributed by atoms with Gasteiger partial charge in [-0.1, -0.05) is 29.3 Å². The van der Waals surface area contributed by atoms with Crippen LogP contribution in [0.4, 0.5) is 5.69 Å². The van der Waals surface area contributed by atoms with Crippen LogP contribution in [0.5, 0.6) is 0 Å². The monoisotopic (exact) mass is 381 g/mol. The van der Waals surface area contributed by atoms with Gasteiger partial charge in [-0.15, -0.1) is 0 Å². The second-order valence-corrected chi connectivity index (χ2v) is 6.58. The van der Waals surface area contributed by atoms with Crippen LogP contribution in [0.3, 0.4) is 0 Å². The summed E-state index contributed by atoms with van der Waals surface area (Å²) in [7, 11) is 0. The van der Waals surface area contributed by atoms with Crippen LogP contribution in [-0.2, 0) is 0 Å². The number of aromatic nitrogens is 2. The maximum Gasteiger partial charge on any atom is 0.271 e. The molecule has 132 valence electrons. The van der Waals surface area contributed by atoms with Gasteiger partial charge in [-0.25, -0.2) is 0 Å². The van der Waals surface area contributed by atoms with E-state index in [0.29, 0.717) is 0 Å². The first kappa shape index (κ1) is 17.7. The summed E-state index contributed by atoms with van der Waals surface area (Å²) in [5, 5.41) is 10.6. The number of halogens is 2. The van der Waals surface area contributed by atoms with Crippen molar-refractivity contribution in [1.82, 2.24) is 15.1 Å². The first-order chi connectivity index (χ1) is 12.0. The predicted octanol–water partition coefficient (Wildman–Crippen LogP) is 2.47. The van der Waals surface area contributed by atoms with E-state index in [4.69, 9.17) is 28.9 Å². The molecule has 1 aliphatic heterocycles. The lowest BCUT2D eigenvalue weighted by atomic mass is 10.1. The maximum absolute atomic E-state index is 12.5. The third-order valence-electron chi connectivity index (χ3n) is 4.09. The molecular weight excluding hydrogens is 365 g/mol. The average molecular weight is 382 g/mol. The third kappa shape index (κ3) is 3.78. The summed E-state index contributed by atoms with van der Waals surface area (Å²) >= 11 is 12.1. The van der Waals surface area contributed by atoms with Gasteiger partial charge in [0.15, 0.2) is 5.69 Å². The minimum atomic E-state index is -0.715. The van der Waals surface area contributed by atoms with E-state index >= 15 is 0 Å². The van der Waals surface area contributed by atoms with Crippen molar-refractivity contribution < 1.29 is 9.59 Å². The van der Waals surface area contributed by atoms with Gasteiger partial charge < -0.3 is 16.4 Å². The fourth-order valence-corrected chi connectivity index (χ4v) is 3.39. The lowest BCUT2D eigenvalue weighted by Crippen LogP contribution is -2.29. The highest BCUT2D eigenvalue weighted by atomic mass is 35.5. The number of benzene rings is 1. The molecule has 0 bridgehead atoms. The number of nitrogens with one attached hydrogen (secondary N) is 2. The number of carbonyl (C=O) groups is 2. The summed E-state index contributed by atoms with van der Waals surface area (Å²) in [6.07, 6.45) is 3.38. The number of nitrogens with zero attached hydrogens (tertiary/aromatic N) is 2. The molecule has 9 heteroatoms. The number of hydrogen-bond donors (Lipinski definition) is 3. The normalized spacial score (nSPS) is 15.1. The van der Waals surface area contributed by atoms with Crippen molar-refractivity contribution in [2.24, 2.45) is 5.73 Å². The lowest BCUT2D eigenvalue weighted by Gasteiger charge is -2.22. The minimum Gasteiger partial charge on any atom is -0.364 e. The van der Waals surface area contributed by atoms with Crippen molar-refractivity contribution in [3.8, 4) is 0 Å². The Hall–Kier alpha value is -2.09. The van der Waals surface area contributed by atoms with Crippen molar-refractivity contribution in [3.05, 3.63) is 45.7 Å². The number of nitrogens with two attached hydrogens (primary N) is 1. The molecule has 3 rings (SSSR count). The number of hydrogen-bond acceptors (Lipinski definition) is 4. The van der Waals surface area contributed by atoms with Gasteiger partial charge in [-0.2, -0.15) is 5.10 Å². The van der Waals surface area contributed by atoms with Gasteiger partial charge in [0.1, 0.15) is 0 Å². The van der Waals surface area contributed by atoms with Crippen LogP contribution in [0, 0.1) is 0 Å². The van der Waals surface area contributed by atoms with E-state index in [0.717, 1.165) is 25.9 Å². The van der Waals surface area contributed by atoms with Gasteiger partial charge in [-0.05, 0) is 38.1 Å².